The summed E-state index contributed by atoms with van der Waals surface area (Å²) in [6, 6.07) is 36.7. The van der Waals surface area contributed by atoms with Crippen molar-refractivity contribution in [3.8, 4) is 5.69 Å². The summed E-state index contributed by atoms with van der Waals surface area (Å²) in [5.41, 5.74) is 10.2. The van der Waals surface area contributed by atoms with Gasteiger partial charge in [0.1, 0.15) is 0 Å². The van der Waals surface area contributed by atoms with Gasteiger partial charge in [0.2, 0.25) is 0 Å². The summed E-state index contributed by atoms with van der Waals surface area (Å²) in [6.45, 7) is 2.33. The number of allylic oxidation sites excluding steroid dienone is 5. The molecule has 0 spiro atoms. The van der Waals surface area contributed by atoms with Crippen molar-refractivity contribution in [1.29, 1.82) is 0 Å². The first-order valence-corrected chi connectivity index (χ1v) is 15.0. The van der Waals surface area contributed by atoms with Crippen molar-refractivity contribution in [3.63, 3.8) is 0 Å². The van der Waals surface area contributed by atoms with Crippen LogP contribution in [0.1, 0.15) is 36.1 Å². The van der Waals surface area contributed by atoms with Gasteiger partial charge in [-0.3, -0.25) is 0 Å². The number of nitrogens with zero attached hydrogens (tertiary/aromatic N) is 1. The lowest BCUT2D eigenvalue weighted by atomic mass is 9.94. The predicted molar refractivity (Wildman–Crippen MR) is 172 cm³/mol. The van der Waals surface area contributed by atoms with E-state index in [0.29, 0.717) is 11.2 Å². The number of hydrogen-bond acceptors (Lipinski definition) is 2. The first-order chi connectivity index (χ1) is 19.7. The van der Waals surface area contributed by atoms with Crippen molar-refractivity contribution in [2.24, 2.45) is 0 Å². The summed E-state index contributed by atoms with van der Waals surface area (Å²) >= 11 is 1.99. The fourth-order valence-electron chi connectivity index (χ4n) is 6.06. The summed E-state index contributed by atoms with van der Waals surface area (Å²) in [7, 11) is 0. The van der Waals surface area contributed by atoms with Crippen LogP contribution >= 0.6 is 11.8 Å². The second-order valence-electron chi connectivity index (χ2n) is 10.6. The van der Waals surface area contributed by atoms with Crippen LogP contribution in [0.15, 0.2) is 138 Å². The van der Waals surface area contributed by atoms with Gasteiger partial charge in [0.05, 0.1) is 11.2 Å². The lowest BCUT2D eigenvalue weighted by Gasteiger charge is -2.15. The molecule has 1 aliphatic heterocycles. The maximum absolute atomic E-state index is 3.50. The topological polar surface area (TPSA) is 17.0 Å². The Labute approximate surface area is 240 Å². The van der Waals surface area contributed by atoms with E-state index in [1.54, 1.807) is 0 Å². The van der Waals surface area contributed by atoms with Gasteiger partial charge in [-0.05, 0) is 84.1 Å². The molecule has 5 aromatic rings. The normalized spacial score (nSPS) is 18.3. The second-order valence-corrected chi connectivity index (χ2v) is 12.0. The van der Waals surface area contributed by atoms with E-state index in [1.807, 2.05) is 17.8 Å². The Bertz CT molecular complexity index is 1760. The smallest absolute Gasteiger partial charge is 0.0537 e. The van der Waals surface area contributed by atoms with Crippen molar-refractivity contribution in [3.05, 3.63) is 150 Å². The number of rotatable bonds is 6. The minimum Gasteiger partial charge on any atom is -0.356 e. The minimum absolute atomic E-state index is 0.472. The van der Waals surface area contributed by atoms with Crippen molar-refractivity contribution in [2.45, 2.75) is 35.8 Å². The van der Waals surface area contributed by atoms with E-state index >= 15 is 0 Å². The average molecular weight is 537 g/mol. The van der Waals surface area contributed by atoms with Gasteiger partial charge in [0.25, 0.3) is 0 Å². The molecule has 0 saturated heterocycles. The Morgan fingerprint density at radius 1 is 0.775 bits per heavy atom. The quantitative estimate of drug-likeness (QED) is 0.217. The number of para-hydroxylation sites is 2. The van der Waals surface area contributed by atoms with Crippen LogP contribution in [0.5, 0.6) is 0 Å². The van der Waals surface area contributed by atoms with Gasteiger partial charge < -0.3 is 9.88 Å². The number of anilines is 2. The first-order valence-electron chi connectivity index (χ1n) is 14.1. The van der Waals surface area contributed by atoms with Gasteiger partial charge in [-0.1, -0.05) is 85.8 Å². The van der Waals surface area contributed by atoms with E-state index in [9.17, 15) is 0 Å². The first kappa shape index (κ1) is 24.8. The molecule has 2 heterocycles. The highest BCUT2D eigenvalue weighted by Gasteiger charge is 2.27. The van der Waals surface area contributed by atoms with Crippen molar-refractivity contribution in [1.82, 2.24) is 4.57 Å². The van der Waals surface area contributed by atoms with Crippen LogP contribution in [0.4, 0.5) is 11.4 Å². The summed E-state index contributed by atoms with van der Waals surface area (Å²) in [4.78, 5) is 1.42. The van der Waals surface area contributed by atoms with Crippen LogP contribution in [-0.4, -0.2) is 9.82 Å². The molecule has 0 amide bonds. The van der Waals surface area contributed by atoms with Crippen molar-refractivity contribution >= 4 is 40.1 Å². The number of benzene rings is 4. The molecule has 196 valence electrons. The highest BCUT2D eigenvalue weighted by Crippen LogP contribution is 2.45. The zero-order valence-corrected chi connectivity index (χ0v) is 23.4. The predicted octanol–water partition coefficient (Wildman–Crippen LogP) is 10.1. The van der Waals surface area contributed by atoms with Gasteiger partial charge >= 0.3 is 0 Å². The Balaban J connectivity index is 1.17. The molecule has 40 heavy (non-hydrogen) atoms. The van der Waals surface area contributed by atoms with E-state index in [0.717, 1.165) is 24.2 Å². The van der Waals surface area contributed by atoms with E-state index in [1.165, 1.54) is 43.9 Å². The van der Waals surface area contributed by atoms with Crippen LogP contribution in [0.3, 0.4) is 0 Å². The zero-order valence-electron chi connectivity index (χ0n) is 22.6. The molecule has 2 nitrogen and oxygen atoms in total. The number of thioether (sulfide) groups is 1. The summed E-state index contributed by atoms with van der Waals surface area (Å²) in [5, 5.41) is 5.43. The molecule has 2 unspecified atom stereocenters. The second kappa shape index (κ2) is 10.7. The molecule has 0 saturated carbocycles. The molecule has 4 aromatic carbocycles. The van der Waals surface area contributed by atoms with E-state index in [4.69, 9.17) is 0 Å². The lowest BCUT2D eigenvalue weighted by molar-refractivity contribution is 0.837. The number of fused-ring (bicyclic) bond motifs is 4. The highest BCUT2D eigenvalue weighted by molar-refractivity contribution is 8.00. The molecule has 7 rings (SSSR count). The summed E-state index contributed by atoms with van der Waals surface area (Å²) < 4.78 is 2.42. The minimum atomic E-state index is 0.472. The molecule has 1 aromatic heterocycles. The maximum atomic E-state index is 3.50. The third-order valence-electron chi connectivity index (χ3n) is 8.03. The van der Waals surface area contributed by atoms with E-state index < -0.39 is 0 Å². The maximum Gasteiger partial charge on any atom is 0.0537 e. The third-order valence-corrected chi connectivity index (χ3v) is 9.32. The molecular weight excluding hydrogens is 504 g/mol. The molecule has 0 radical (unpaired) electrons. The third kappa shape index (κ3) is 4.71. The Morgan fingerprint density at radius 3 is 2.40 bits per heavy atom. The fourth-order valence-corrected chi connectivity index (χ4v) is 7.34. The van der Waals surface area contributed by atoms with Crippen LogP contribution < -0.4 is 5.32 Å². The standard InChI is InChI=1S/C37H32N2S/c1-26-31(34-16-8-10-18-37(34)40-26)14-6-5-11-27-19-24-33-32-15-7-9-17-35(32)39(36(33)25-27)30-22-20-29(21-23-30)38-28-12-3-2-4-13-28/h2-18,20-23,25-26,31,38H,19,24H2,1H3/b11-5?,14-6-. The van der Waals surface area contributed by atoms with Crippen LogP contribution in [-0.2, 0) is 6.42 Å². The molecule has 2 atom stereocenters. The average Bonchev–Trinajstić information content (AvgIpc) is 3.50. The number of aryl methyl sites for hydroxylation is 1. The Kier molecular flexibility index (Phi) is 6.67. The van der Waals surface area contributed by atoms with Gasteiger partial charge in [-0.2, -0.15) is 0 Å². The van der Waals surface area contributed by atoms with E-state index in [-0.39, 0.29) is 0 Å². The molecule has 1 N–H and O–H groups in total. The SMILES string of the molecule is CC1Sc2ccccc2C1/C=C\C=CC1=Cc2c(c3ccccc3n2-c2ccc(Nc3ccccc3)cc2)CC1. The van der Waals surface area contributed by atoms with Gasteiger partial charge in [0, 0.05) is 38.5 Å². The Hall–Kier alpha value is -4.21. The van der Waals surface area contributed by atoms with Gasteiger partial charge in [-0.15, -0.1) is 11.8 Å². The lowest BCUT2D eigenvalue weighted by Crippen LogP contribution is -2.03. The molecular formula is C37H32N2S. The van der Waals surface area contributed by atoms with Crippen molar-refractivity contribution < 1.29 is 0 Å². The number of hydrogen-bond donors (Lipinski definition) is 1. The van der Waals surface area contributed by atoms with Crippen molar-refractivity contribution in [2.75, 3.05) is 5.32 Å². The number of aromatic nitrogens is 1. The molecule has 2 aliphatic rings. The molecule has 0 fully saturated rings. The van der Waals surface area contributed by atoms with Crippen LogP contribution in [0.2, 0.25) is 0 Å². The van der Waals surface area contributed by atoms with Gasteiger partial charge in [0.15, 0.2) is 0 Å². The highest BCUT2D eigenvalue weighted by atomic mass is 32.2. The van der Waals surface area contributed by atoms with Crippen LogP contribution in [0.25, 0.3) is 22.7 Å². The monoisotopic (exact) mass is 536 g/mol. The molecule has 1 aliphatic carbocycles. The largest absolute Gasteiger partial charge is 0.356 e. The number of nitrogens with one attached hydrogen (secondary N) is 1. The molecule has 3 heteroatoms. The summed E-state index contributed by atoms with van der Waals surface area (Å²) in [6.07, 6.45) is 13.6. The molecule has 0 bridgehead atoms. The summed E-state index contributed by atoms with van der Waals surface area (Å²) in [5.74, 6) is 0.472. The Morgan fingerprint density at radius 2 is 1.52 bits per heavy atom. The fraction of sp³-hybridized carbons (Fsp3) is 0.135. The zero-order chi connectivity index (χ0) is 26.9. The van der Waals surface area contributed by atoms with Gasteiger partial charge in [-0.25, -0.2) is 0 Å². The van der Waals surface area contributed by atoms with E-state index in [2.05, 4.69) is 144 Å². The van der Waals surface area contributed by atoms with Crippen LogP contribution in [0, 0.1) is 0 Å².